The number of fused-ring (bicyclic) bond motifs is 3. The molecule has 0 atom stereocenters. The zero-order valence-electron chi connectivity index (χ0n) is 19.2. The SMILES string of the molecule is COc1nc2cnc3c(ccn3S(=O)(=O)c3ccccc3)c2n(C2CCN(CCC#N)CC2)c1=O. The van der Waals surface area contributed by atoms with Gasteiger partial charge in [0.25, 0.3) is 15.9 Å². The summed E-state index contributed by atoms with van der Waals surface area (Å²) in [5.74, 6) is -0.0260. The van der Waals surface area contributed by atoms with Gasteiger partial charge in [-0.1, -0.05) is 18.2 Å². The van der Waals surface area contributed by atoms with E-state index in [1.54, 1.807) is 28.8 Å². The van der Waals surface area contributed by atoms with E-state index >= 15 is 0 Å². The molecule has 0 unspecified atom stereocenters. The maximum atomic E-state index is 13.4. The molecule has 35 heavy (non-hydrogen) atoms. The zero-order chi connectivity index (χ0) is 24.6. The normalized spacial score (nSPS) is 15.4. The molecule has 180 valence electrons. The summed E-state index contributed by atoms with van der Waals surface area (Å²) in [6.45, 7) is 2.21. The lowest BCUT2D eigenvalue weighted by molar-refractivity contribution is 0.189. The van der Waals surface area contributed by atoms with E-state index in [0.29, 0.717) is 42.2 Å². The van der Waals surface area contributed by atoms with Crippen molar-refractivity contribution in [1.82, 2.24) is 23.4 Å². The molecule has 0 N–H and O–H groups in total. The van der Waals surface area contributed by atoms with Crippen LogP contribution in [0, 0.1) is 11.3 Å². The molecule has 11 heteroatoms. The summed E-state index contributed by atoms with van der Waals surface area (Å²) >= 11 is 0. The number of pyridine rings is 1. The molecule has 1 saturated heterocycles. The molecular weight excluding hydrogens is 468 g/mol. The minimum absolute atomic E-state index is 0.0260. The number of rotatable bonds is 6. The predicted molar refractivity (Wildman–Crippen MR) is 130 cm³/mol. The van der Waals surface area contributed by atoms with Gasteiger partial charge >= 0.3 is 5.56 Å². The fraction of sp³-hybridized carbons (Fsp3) is 0.333. The molecule has 0 aliphatic carbocycles. The Morgan fingerprint density at radius 1 is 1.17 bits per heavy atom. The lowest BCUT2D eigenvalue weighted by atomic mass is 10.0. The van der Waals surface area contributed by atoms with Crippen molar-refractivity contribution < 1.29 is 13.2 Å². The number of nitrogens with zero attached hydrogens (tertiary/aromatic N) is 6. The topological polar surface area (TPSA) is 123 Å². The van der Waals surface area contributed by atoms with Gasteiger partial charge in [-0.2, -0.15) is 5.26 Å². The van der Waals surface area contributed by atoms with E-state index in [4.69, 9.17) is 10.00 Å². The van der Waals surface area contributed by atoms with Gasteiger partial charge in [0.2, 0.25) is 0 Å². The summed E-state index contributed by atoms with van der Waals surface area (Å²) in [7, 11) is -2.48. The highest BCUT2D eigenvalue weighted by Crippen LogP contribution is 2.31. The highest BCUT2D eigenvalue weighted by Gasteiger charge is 2.27. The second-order valence-corrected chi connectivity index (χ2v) is 10.3. The molecule has 0 radical (unpaired) electrons. The fourth-order valence-electron chi connectivity index (χ4n) is 4.73. The third-order valence-electron chi connectivity index (χ3n) is 6.45. The summed E-state index contributed by atoms with van der Waals surface area (Å²) < 4.78 is 34.7. The second kappa shape index (κ2) is 9.13. The van der Waals surface area contributed by atoms with Crippen molar-refractivity contribution in [1.29, 1.82) is 5.26 Å². The predicted octanol–water partition coefficient (Wildman–Crippen LogP) is 2.54. The van der Waals surface area contributed by atoms with Gasteiger partial charge in [0, 0.05) is 43.7 Å². The van der Waals surface area contributed by atoms with Crippen molar-refractivity contribution in [2.75, 3.05) is 26.7 Å². The van der Waals surface area contributed by atoms with E-state index in [-0.39, 0.29) is 28.0 Å². The second-order valence-electron chi connectivity index (χ2n) is 8.44. The standard InChI is InChI=1S/C24H24N6O4S/c1-34-23-24(31)30(17-8-13-28(14-9-17)12-5-11-25)21-19-10-15-29(22(19)26-16-20(21)27-23)35(32,33)18-6-3-2-4-7-18/h2-4,6-7,10,15-17H,5,8-9,12-14H2,1H3. The Balaban J connectivity index is 1.67. The smallest absolute Gasteiger partial charge is 0.314 e. The number of nitriles is 1. The largest absolute Gasteiger partial charge is 0.477 e. The molecule has 1 aliphatic rings. The van der Waals surface area contributed by atoms with Crippen LogP contribution < -0.4 is 10.3 Å². The molecule has 0 saturated carbocycles. The number of aromatic nitrogens is 4. The number of ether oxygens (including phenoxy) is 1. The Bertz CT molecular complexity index is 1600. The number of likely N-dealkylation sites (tertiary alicyclic amines) is 1. The minimum Gasteiger partial charge on any atom is -0.477 e. The van der Waals surface area contributed by atoms with E-state index in [1.165, 1.54) is 31.6 Å². The van der Waals surface area contributed by atoms with Crippen molar-refractivity contribution in [3.8, 4) is 11.9 Å². The first-order valence-corrected chi connectivity index (χ1v) is 12.8. The summed E-state index contributed by atoms with van der Waals surface area (Å²) in [6, 6.07) is 11.9. The zero-order valence-corrected chi connectivity index (χ0v) is 20.0. The van der Waals surface area contributed by atoms with Crippen LogP contribution in [0.4, 0.5) is 0 Å². The van der Waals surface area contributed by atoms with Crippen LogP contribution in [-0.4, -0.2) is 58.6 Å². The fourth-order valence-corrected chi connectivity index (χ4v) is 6.05. The van der Waals surface area contributed by atoms with E-state index < -0.39 is 10.0 Å². The van der Waals surface area contributed by atoms with Crippen LogP contribution in [0.25, 0.3) is 22.1 Å². The van der Waals surface area contributed by atoms with Crippen LogP contribution in [0.15, 0.2) is 58.5 Å². The van der Waals surface area contributed by atoms with Crippen molar-refractivity contribution in [2.45, 2.75) is 30.2 Å². The van der Waals surface area contributed by atoms with Crippen LogP contribution in [0.2, 0.25) is 0 Å². The highest BCUT2D eigenvalue weighted by molar-refractivity contribution is 7.90. The molecule has 0 bridgehead atoms. The van der Waals surface area contributed by atoms with Gasteiger partial charge in [-0.05, 0) is 31.0 Å². The van der Waals surface area contributed by atoms with Crippen LogP contribution in [0.1, 0.15) is 25.3 Å². The summed E-state index contributed by atoms with van der Waals surface area (Å²) in [5, 5.41) is 9.41. The van der Waals surface area contributed by atoms with Gasteiger partial charge in [0.1, 0.15) is 5.52 Å². The molecule has 0 amide bonds. The lowest BCUT2D eigenvalue weighted by Crippen LogP contribution is -2.38. The third kappa shape index (κ3) is 3.94. The maximum absolute atomic E-state index is 13.4. The first kappa shape index (κ1) is 23.0. The van der Waals surface area contributed by atoms with Crippen LogP contribution in [-0.2, 0) is 10.0 Å². The highest BCUT2D eigenvalue weighted by atomic mass is 32.2. The molecule has 1 aliphatic heterocycles. The molecule has 5 rings (SSSR count). The Morgan fingerprint density at radius 2 is 1.91 bits per heavy atom. The number of methoxy groups -OCH3 is 1. The van der Waals surface area contributed by atoms with Crippen molar-refractivity contribution >= 4 is 32.1 Å². The number of benzene rings is 1. The Labute approximate surface area is 202 Å². The van der Waals surface area contributed by atoms with Crippen molar-refractivity contribution in [3.05, 3.63) is 59.1 Å². The number of hydrogen-bond acceptors (Lipinski definition) is 8. The van der Waals surface area contributed by atoms with Crippen molar-refractivity contribution in [3.63, 3.8) is 0 Å². The van der Waals surface area contributed by atoms with E-state index in [0.717, 1.165) is 17.1 Å². The molecular formula is C24H24N6O4S. The molecule has 0 spiro atoms. The molecule has 4 aromatic rings. The monoisotopic (exact) mass is 492 g/mol. The number of piperidine rings is 1. The van der Waals surface area contributed by atoms with E-state index in [2.05, 4.69) is 20.9 Å². The average molecular weight is 493 g/mol. The van der Waals surface area contributed by atoms with Crippen LogP contribution in [0.5, 0.6) is 5.88 Å². The molecule has 3 aromatic heterocycles. The summed E-state index contributed by atoms with van der Waals surface area (Å²) in [6.07, 6.45) is 4.82. The van der Waals surface area contributed by atoms with Gasteiger partial charge in [-0.3, -0.25) is 9.36 Å². The van der Waals surface area contributed by atoms with Gasteiger partial charge in [-0.25, -0.2) is 22.4 Å². The van der Waals surface area contributed by atoms with Gasteiger partial charge in [-0.15, -0.1) is 0 Å². The minimum atomic E-state index is -3.88. The molecule has 4 heterocycles. The van der Waals surface area contributed by atoms with E-state index in [1.807, 2.05) is 0 Å². The maximum Gasteiger partial charge on any atom is 0.314 e. The first-order valence-electron chi connectivity index (χ1n) is 11.3. The number of hydrogen-bond donors (Lipinski definition) is 0. The Hall–Kier alpha value is -3.75. The summed E-state index contributed by atoms with van der Waals surface area (Å²) in [5.41, 5.74) is 0.864. The quantitative estimate of drug-likeness (QED) is 0.402. The summed E-state index contributed by atoms with van der Waals surface area (Å²) in [4.78, 5) is 24.5. The average Bonchev–Trinajstić information content (AvgIpc) is 3.33. The van der Waals surface area contributed by atoms with Crippen LogP contribution >= 0.6 is 0 Å². The third-order valence-corrected chi connectivity index (χ3v) is 8.13. The molecule has 1 aromatic carbocycles. The van der Waals surface area contributed by atoms with Gasteiger partial charge < -0.3 is 9.64 Å². The van der Waals surface area contributed by atoms with Gasteiger partial charge in [0.15, 0.2) is 5.65 Å². The Morgan fingerprint density at radius 3 is 2.60 bits per heavy atom. The first-order chi connectivity index (χ1) is 17.0. The van der Waals surface area contributed by atoms with Gasteiger partial charge in [0.05, 0.1) is 29.8 Å². The lowest BCUT2D eigenvalue weighted by Gasteiger charge is -2.33. The molecule has 10 nitrogen and oxygen atoms in total. The molecule has 1 fully saturated rings. The van der Waals surface area contributed by atoms with Crippen molar-refractivity contribution in [2.24, 2.45) is 0 Å². The Kier molecular flexibility index (Phi) is 6.00. The van der Waals surface area contributed by atoms with E-state index in [9.17, 15) is 13.2 Å². The van der Waals surface area contributed by atoms with Crippen LogP contribution in [0.3, 0.4) is 0 Å².